The maximum atomic E-state index is 13.9. The summed E-state index contributed by atoms with van der Waals surface area (Å²) in [5, 5.41) is 3.20. The van der Waals surface area contributed by atoms with Gasteiger partial charge in [-0.1, -0.05) is 0 Å². The molecule has 1 heterocycles. The molecular weight excluding hydrogens is 359 g/mol. The molecule has 0 saturated carbocycles. The molecule has 0 aliphatic carbocycles. The number of nitrogens with zero attached hydrogens (tertiary/aromatic N) is 1. The fourth-order valence-electron chi connectivity index (χ4n) is 2.30. The van der Waals surface area contributed by atoms with E-state index in [1.807, 2.05) is 4.72 Å². The van der Waals surface area contributed by atoms with Crippen LogP contribution < -0.4 is 14.8 Å². The van der Waals surface area contributed by atoms with E-state index >= 15 is 0 Å². The van der Waals surface area contributed by atoms with E-state index in [0.29, 0.717) is 6.54 Å². The molecule has 0 aromatic heterocycles. The Kier molecular flexibility index (Phi) is 6.15. The predicted molar refractivity (Wildman–Crippen MR) is 89.4 cm³/mol. The zero-order chi connectivity index (χ0) is 17.8. The first-order valence-corrected chi connectivity index (χ1v) is 10.7. The lowest BCUT2D eigenvalue weighted by Crippen LogP contribution is -2.46. The number of sulfonamides is 2. The van der Waals surface area contributed by atoms with Crippen LogP contribution >= 0.6 is 0 Å². The van der Waals surface area contributed by atoms with E-state index in [4.69, 9.17) is 0 Å². The molecule has 1 aromatic carbocycles. The van der Waals surface area contributed by atoms with Crippen LogP contribution in [0.4, 0.5) is 10.1 Å². The molecule has 0 spiro atoms. The second kappa shape index (κ2) is 7.74. The molecule has 8 nitrogen and oxygen atoms in total. The van der Waals surface area contributed by atoms with Crippen LogP contribution in [0.25, 0.3) is 0 Å². The van der Waals surface area contributed by atoms with E-state index in [1.54, 1.807) is 0 Å². The SMILES string of the molecule is CS(=O)(=O)Nc1ccc(S(=O)(=O)NCCN2CCNCC2)cc1F. The second-order valence-electron chi connectivity index (χ2n) is 5.51. The van der Waals surface area contributed by atoms with Gasteiger partial charge in [0, 0.05) is 39.3 Å². The third-order valence-electron chi connectivity index (χ3n) is 3.48. The van der Waals surface area contributed by atoms with Crippen molar-refractivity contribution in [1.29, 1.82) is 0 Å². The highest BCUT2D eigenvalue weighted by atomic mass is 32.2. The van der Waals surface area contributed by atoms with Gasteiger partial charge in [0.2, 0.25) is 20.0 Å². The van der Waals surface area contributed by atoms with Gasteiger partial charge in [-0.2, -0.15) is 0 Å². The van der Waals surface area contributed by atoms with Crippen molar-refractivity contribution < 1.29 is 21.2 Å². The molecule has 136 valence electrons. The van der Waals surface area contributed by atoms with Gasteiger partial charge >= 0.3 is 0 Å². The highest BCUT2D eigenvalue weighted by Crippen LogP contribution is 2.19. The molecule has 0 amide bonds. The number of hydrogen-bond donors (Lipinski definition) is 3. The van der Waals surface area contributed by atoms with Crippen LogP contribution in [0.3, 0.4) is 0 Å². The monoisotopic (exact) mass is 380 g/mol. The molecule has 1 saturated heterocycles. The van der Waals surface area contributed by atoms with Crippen molar-refractivity contribution in [2.24, 2.45) is 0 Å². The molecule has 24 heavy (non-hydrogen) atoms. The summed E-state index contributed by atoms with van der Waals surface area (Å²) < 4.78 is 64.9. The summed E-state index contributed by atoms with van der Waals surface area (Å²) in [7, 11) is -7.49. The van der Waals surface area contributed by atoms with E-state index in [9.17, 15) is 21.2 Å². The predicted octanol–water partition coefficient (Wildman–Crippen LogP) is -0.619. The lowest BCUT2D eigenvalue weighted by atomic mass is 10.3. The van der Waals surface area contributed by atoms with Crippen LogP contribution in [0.5, 0.6) is 0 Å². The summed E-state index contributed by atoms with van der Waals surface area (Å²) in [5.41, 5.74) is -0.294. The number of piperazine rings is 1. The highest BCUT2D eigenvalue weighted by molar-refractivity contribution is 7.92. The Morgan fingerprint density at radius 1 is 1.21 bits per heavy atom. The highest BCUT2D eigenvalue weighted by Gasteiger charge is 2.18. The minimum atomic E-state index is -3.85. The zero-order valence-corrected chi connectivity index (χ0v) is 14.9. The summed E-state index contributed by atoms with van der Waals surface area (Å²) in [4.78, 5) is 1.87. The molecule has 0 radical (unpaired) electrons. The van der Waals surface area contributed by atoms with Crippen LogP contribution in [0.1, 0.15) is 0 Å². The standard InChI is InChI=1S/C13H21FN4O4S2/c1-23(19,20)17-13-3-2-11(10-12(13)14)24(21,22)16-6-9-18-7-4-15-5-8-18/h2-3,10,15-17H,4-9H2,1H3. The van der Waals surface area contributed by atoms with E-state index in [1.165, 1.54) is 0 Å². The Bertz CT molecular complexity index is 777. The Morgan fingerprint density at radius 2 is 1.88 bits per heavy atom. The fraction of sp³-hybridized carbons (Fsp3) is 0.538. The Morgan fingerprint density at radius 3 is 2.46 bits per heavy atom. The molecule has 11 heteroatoms. The number of rotatable bonds is 7. The van der Waals surface area contributed by atoms with E-state index in [2.05, 4.69) is 14.9 Å². The number of nitrogens with one attached hydrogen (secondary N) is 3. The quantitative estimate of drug-likeness (QED) is 0.582. The molecule has 1 fully saturated rings. The number of anilines is 1. The van der Waals surface area contributed by atoms with E-state index in [0.717, 1.165) is 50.6 Å². The largest absolute Gasteiger partial charge is 0.314 e. The van der Waals surface area contributed by atoms with Gasteiger partial charge in [0.15, 0.2) is 0 Å². The van der Waals surface area contributed by atoms with Crippen LogP contribution in [0.2, 0.25) is 0 Å². The van der Waals surface area contributed by atoms with Crippen LogP contribution in [-0.2, 0) is 20.0 Å². The number of halogens is 1. The second-order valence-corrected chi connectivity index (χ2v) is 9.02. The van der Waals surface area contributed by atoms with Crippen molar-refractivity contribution in [3.8, 4) is 0 Å². The van der Waals surface area contributed by atoms with Gasteiger partial charge in [0.1, 0.15) is 5.82 Å². The molecule has 0 atom stereocenters. The normalized spacial score (nSPS) is 16.9. The summed E-state index contributed by atoms with van der Waals surface area (Å²) in [6.45, 7) is 4.22. The van der Waals surface area contributed by atoms with Gasteiger partial charge in [0.25, 0.3) is 0 Å². The Balaban J connectivity index is 1.99. The minimum Gasteiger partial charge on any atom is -0.314 e. The molecule has 0 bridgehead atoms. The van der Waals surface area contributed by atoms with Gasteiger partial charge in [0.05, 0.1) is 16.8 Å². The van der Waals surface area contributed by atoms with Gasteiger partial charge in [-0.15, -0.1) is 0 Å². The van der Waals surface area contributed by atoms with Crippen molar-refractivity contribution >= 4 is 25.7 Å². The summed E-state index contributed by atoms with van der Waals surface area (Å²) in [6.07, 6.45) is 0.884. The third kappa shape index (κ3) is 5.67. The number of hydrogen-bond acceptors (Lipinski definition) is 6. The van der Waals surface area contributed by atoms with Crippen LogP contribution in [0, 0.1) is 5.82 Å². The van der Waals surface area contributed by atoms with Crippen molar-refractivity contribution in [2.45, 2.75) is 4.90 Å². The molecule has 1 aliphatic heterocycles. The van der Waals surface area contributed by atoms with E-state index < -0.39 is 25.9 Å². The molecule has 3 N–H and O–H groups in total. The molecule has 0 unspecified atom stereocenters. The van der Waals surface area contributed by atoms with Crippen molar-refractivity contribution in [3.05, 3.63) is 24.0 Å². The van der Waals surface area contributed by atoms with Crippen molar-refractivity contribution in [2.75, 3.05) is 50.2 Å². The molecular formula is C13H21FN4O4S2. The minimum absolute atomic E-state index is 0.216. The topological polar surface area (TPSA) is 108 Å². The Hall–Kier alpha value is -1.27. The van der Waals surface area contributed by atoms with Crippen molar-refractivity contribution in [3.63, 3.8) is 0 Å². The zero-order valence-electron chi connectivity index (χ0n) is 13.2. The van der Waals surface area contributed by atoms with Gasteiger partial charge in [-0.25, -0.2) is 25.9 Å². The van der Waals surface area contributed by atoms with Crippen LogP contribution in [-0.4, -0.2) is 67.3 Å². The van der Waals surface area contributed by atoms with Gasteiger partial charge in [-0.05, 0) is 18.2 Å². The first kappa shape index (κ1) is 19.1. The third-order valence-corrected chi connectivity index (χ3v) is 5.53. The van der Waals surface area contributed by atoms with E-state index in [-0.39, 0.29) is 17.1 Å². The molecule has 1 aliphatic rings. The summed E-state index contributed by atoms with van der Waals surface area (Å²) >= 11 is 0. The fourth-order valence-corrected chi connectivity index (χ4v) is 3.90. The van der Waals surface area contributed by atoms with Gasteiger partial charge in [-0.3, -0.25) is 9.62 Å². The number of benzene rings is 1. The average Bonchev–Trinajstić information content (AvgIpc) is 2.49. The molecule has 2 rings (SSSR count). The lowest BCUT2D eigenvalue weighted by molar-refractivity contribution is 0.245. The average molecular weight is 380 g/mol. The lowest BCUT2D eigenvalue weighted by Gasteiger charge is -2.27. The van der Waals surface area contributed by atoms with Crippen LogP contribution in [0.15, 0.2) is 23.1 Å². The van der Waals surface area contributed by atoms with Gasteiger partial charge < -0.3 is 5.32 Å². The Labute approximate surface area is 141 Å². The molecule has 1 aromatic rings. The first-order valence-electron chi connectivity index (χ1n) is 7.37. The first-order chi connectivity index (χ1) is 11.2. The van der Waals surface area contributed by atoms with Crippen molar-refractivity contribution in [1.82, 2.24) is 14.9 Å². The smallest absolute Gasteiger partial charge is 0.240 e. The summed E-state index contributed by atoms with van der Waals surface area (Å²) in [5.74, 6) is -0.953. The summed E-state index contributed by atoms with van der Waals surface area (Å²) in [6, 6.07) is 3.03. The maximum absolute atomic E-state index is 13.9. The maximum Gasteiger partial charge on any atom is 0.240 e.